The summed E-state index contributed by atoms with van der Waals surface area (Å²) in [5.41, 5.74) is 1.94. The molecule has 198 valence electrons. The molecule has 2 heterocycles. The Labute approximate surface area is 221 Å². The van der Waals surface area contributed by atoms with Crippen LogP contribution in [0.4, 0.5) is 0 Å². The van der Waals surface area contributed by atoms with E-state index in [2.05, 4.69) is 15.5 Å². The molecular weight excluding hydrogens is 514 g/mol. The van der Waals surface area contributed by atoms with E-state index in [0.717, 1.165) is 17.0 Å². The zero-order valence-electron chi connectivity index (χ0n) is 20.7. The van der Waals surface area contributed by atoms with Gasteiger partial charge in [-0.1, -0.05) is 54.2 Å². The normalized spacial score (nSPS) is 14.5. The monoisotopic (exact) mass is 545 g/mol. The average molecular weight is 546 g/mol. The van der Waals surface area contributed by atoms with Crippen molar-refractivity contribution >= 4 is 27.7 Å². The summed E-state index contributed by atoms with van der Waals surface area (Å²) < 4.78 is 39.4. The van der Waals surface area contributed by atoms with Crippen LogP contribution in [0.3, 0.4) is 0 Å². The Bertz CT molecular complexity index is 1260. The summed E-state index contributed by atoms with van der Waals surface area (Å²) in [7, 11) is -1.89. The van der Waals surface area contributed by atoms with E-state index >= 15 is 0 Å². The van der Waals surface area contributed by atoms with Gasteiger partial charge in [-0.05, 0) is 23.3 Å². The number of thioether (sulfide) groups is 1. The molecule has 0 atom stereocenters. The van der Waals surface area contributed by atoms with Crippen LogP contribution in [0.5, 0.6) is 0 Å². The highest BCUT2D eigenvalue weighted by Crippen LogP contribution is 2.20. The Morgan fingerprint density at radius 3 is 2.49 bits per heavy atom. The fourth-order valence-corrected chi connectivity index (χ4v) is 6.06. The lowest BCUT2D eigenvalue weighted by atomic mass is 10.1. The largest absolute Gasteiger partial charge is 0.383 e. The van der Waals surface area contributed by atoms with Crippen LogP contribution in [0.1, 0.15) is 17.0 Å². The first-order valence-corrected chi connectivity index (χ1v) is 14.4. The molecule has 0 spiro atoms. The molecule has 37 heavy (non-hydrogen) atoms. The van der Waals surface area contributed by atoms with E-state index in [9.17, 15) is 13.2 Å². The molecule has 0 bridgehead atoms. The fourth-order valence-electron chi connectivity index (χ4n) is 3.84. The van der Waals surface area contributed by atoms with Crippen molar-refractivity contribution in [2.24, 2.45) is 0 Å². The number of rotatable bonds is 12. The van der Waals surface area contributed by atoms with Crippen molar-refractivity contribution in [2.45, 2.75) is 29.6 Å². The number of aromatic nitrogens is 3. The number of methoxy groups -OCH3 is 1. The molecule has 3 aromatic rings. The first-order chi connectivity index (χ1) is 18.0. The lowest BCUT2D eigenvalue weighted by Crippen LogP contribution is -2.40. The summed E-state index contributed by atoms with van der Waals surface area (Å²) in [5.74, 6) is 0.846. The lowest BCUT2D eigenvalue weighted by Gasteiger charge is -2.26. The summed E-state index contributed by atoms with van der Waals surface area (Å²) in [6.45, 7) is 2.91. The molecule has 1 fully saturated rings. The van der Waals surface area contributed by atoms with Crippen molar-refractivity contribution in [3.8, 4) is 0 Å². The Morgan fingerprint density at radius 2 is 1.78 bits per heavy atom. The molecule has 0 saturated carbocycles. The molecule has 4 rings (SSSR count). The van der Waals surface area contributed by atoms with Gasteiger partial charge in [0.05, 0.1) is 30.5 Å². The van der Waals surface area contributed by atoms with Gasteiger partial charge in [0.1, 0.15) is 5.82 Å². The summed E-state index contributed by atoms with van der Waals surface area (Å²) in [5, 5.41) is 12.2. The van der Waals surface area contributed by atoms with E-state index in [1.54, 1.807) is 31.4 Å². The number of carbonyl (C=O) groups is 1. The molecule has 1 aliphatic heterocycles. The van der Waals surface area contributed by atoms with E-state index in [4.69, 9.17) is 9.47 Å². The van der Waals surface area contributed by atoms with Crippen LogP contribution in [0.25, 0.3) is 0 Å². The molecule has 0 aliphatic carbocycles. The zero-order valence-corrected chi connectivity index (χ0v) is 22.3. The fraction of sp³-hybridized carbons (Fsp3) is 0.400. The third kappa shape index (κ3) is 7.39. The third-order valence-electron chi connectivity index (χ3n) is 5.87. The van der Waals surface area contributed by atoms with Crippen molar-refractivity contribution in [3.63, 3.8) is 0 Å². The Hall–Kier alpha value is -2.77. The van der Waals surface area contributed by atoms with E-state index in [0.29, 0.717) is 57.6 Å². The topological polar surface area (TPSA) is 116 Å². The minimum atomic E-state index is -3.54. The number of nitrogens with zero attached hydrogens (tertiary/aromatic N) is 4. The molecule has 0 radical (unpaired) electrons. The average Bonchev–Trinajstić information content (AvgIpc) is 3.31. The number of hydrogen-bond acceptors (Lipinski definition) is 8. The Balaban J connectivity index is 1.30. The highest BCUT2D eigenvalue weighted by atomic mass is 32.2. The van der Waals surface area contributed by atoms with Crippen LogP contribution >= 0.6 is 11.8 Å². The second-order valence-corrected chi connectivity index (χ2v) is 11.3. The molecule has 10 nitrogen and oxygen atoms in total. The zero-order chi connectivity index (χ0) is 26.1. The predicted molar refractivity (Wildman–Crippen MR) is 140 cm³/mol. The van der Waals surface area contributed by atoms with Gasteiger partial charge in [-0.2, -0.15) is 4.31 Å². The van der Waals surface area contributed by atoms with Gasteiger partial charge in [0.15, 0.2) is 5.16 Å². The maximum atomic E-state index is 12.8. The van der Waals surface area contributed by atoms with Gasteiger partial charge >= 0.3 is 0 Å². The van der Waals surface area contributed by atoms with Gasteiger partial charge in [-0.25, -0.2) is 8.42 Å². The molecule has 1 N–H and O–H groups in total. The van der Waals surface area contributed by atoms with Gasteiger partial charge in [-0.15, -0.1) is 10.2 Å². The minimum absolute atomic E-state index is 0.152. The number of sulfonamides is 1. The van der Waals surface area contributed by atoms with Crippen LogP contribution in [0, 0.1) is 0 Å². The number of amides is 1. The van der Waals surface area contributed by atoms with E-state index in [1.165, 1.54) is 16.1 Å². The van der Waals surface area contributed by atoms with Crippen molar-refractivity contribution in [2.75, 3.05) is 45.8 Å². The molecule has 12 heteroatoms. The second kappa shape index (κ2) is 13.2. The molecule has 1 amide bonds. The summed E-state index contributed by atoms with van der Waals surface area (Å²) in [4.78, 5) is 12.8. The number of hydrogen-bond donors (Lipinski definition) is 1. The molecule has 1 saturated heterocycles. The predicted octanol–water partition coefficient (Wildman–Crippen LogP) is 1.94. The molecule has 1 aromatic heterocycles. The second-order valence-electron chi connectivity index (χ2n) is 8.43. The SMILES string of the molecule is COCCn1c(Cc2ccccc2)nnc1SCC(=O)NCc1ccc(S(=O)(=O)N2CCOCC2)cc1. The van der Waals surface area contributed by atoms with Crippen molar-refractivity contribution in [1.29, 1.82) is 0 Å². The van der Waals surface area contributed by atoms with Crippen LogP contribution in [-0.4, -0.2) is 79.2 Å². The number of benzene rings is 2. The first kappa shape index (κ1) is 27.3. The van der Waals surface area contributed by atoms with Gasteiger partial charge in [-0.3, -0.25) is 4.79 Å². The summed E-state index contributed by atoms with van der Waals surface area (Å²) >= 11 is 1.32. The van der Waals surface area contributed by atoms with Gasteiger partial charge in [0, 0.05) is 39.7 Å². The molecule has 0 unspecified atom stereocenters. The molecule has 2 aromatic carbocycles. The quantitative estimate of drug-likeness (QED) is 0.344. The van der Waals surface area contributed by atoms with Crippen LogP contribution in [0.2, 0.25) is 0 Å². The standard InChI is InChI=1S/C25H31N5O5S2/c1-34-14-13-30-23(17-20-5-3-2-4-6-20)27-28-25(30)36-19-24(31)26-18-21-7-9-22(10-8-21)37(32,33)29-11-15-35-16-12-29/h2-10H,11-19H2,1H3,(H,26,31). The lowest BCUT2D eigenvalue weighted by molar-refractivity contribution is -0.118. The Morgan fingerprint density at radius 1 is 1.05 bits per heavy atom. The highest BCUT2D eigenvalue weighted by Gasteiger charge is 2.26. The maximum Gasteiger partial charge on any atom is 0.243 e. The highest BCUT2D eigenvalue weighted by molar-refractivity contribution is 7.99. The third-order valence-corrected chi connectivity index (χ3v) is 8.75. The van der Waals surface area contributed by atoms with E-state index in [-0.39, 0.29) is 16.6 Å². The number of carbonyl (C=O) groups excluding carboxylic acids is 1. The maximum absolute atomic E-state index is 12.8. The van der Waals surface area contributed by atoms with Crippen LogP contribution in [0.15, 0.2) is 64.6 Å². The minimum Gasteiger partial charge on any atom is -0.383 e. The molecular formula is C25H31N5O5S2. The van der Waals surface area contributed by atoms with Crippen molar-refractivity contribution < 1.29 is 22.7 Å². The van der Waals surface area contributed by atoms with Crippen molar-refractivity contribution in [1.82, 2.24) is 24.4 Å². The summed E-state index contributed by atoms with van der Waals surface area (Å²) in [6.07, 6.45) is 0.640. The number of ether oxygens (including phenoxy) is 2. The van der Waals surface area contributed by atoms with Gasteiger partial charge in [0.2, 0.25) is 15.9 Å². The molecule has 1 aliphatic rings. The number of morpholine rings is 1. The Kier molecular flexibility index (Phi) is 9.69. The first-order valence-electron chi connectivity index (χ1n) is 12.0. The van der Waals surface area contributed by atoms with E-state index < -0.39 is 10.0 Å². The van der Waals surface area contributed by atoms with Crippen molar-refractivity contribution in [3.05, 3.63) is 71.5 Å². The van der Waals surface area contributed by atoms with Gasteiger partial charge < -0.3 is 19.4 Å². The smallest absolute Gasteiger partial charge is 0.243 e. The summed E-state index contributed by atoms with van der Waals surface area (Å²) in [6, 6.07) is 16.6. The number of nitrogens with one attached hydrogen (secondary N) is 1. The van der Waals surface area contributed by atoms with Gasteiger partial charge in [0.25, 0.3) is 0 Å². The van der Waals surface area contributed by atoms with Crippen LogP contribution < -0.4 is 5.32 Å². The van der Waals surface area contributed by atoms with E-state index in [1.807, 2.05) is 34.9 Å². The van der Waals surface area contributed by atoms with Crippen LogP contribution in [-0.2, 0) is 43.8 Å².